The van der Waals surface area contributed by atoms with Gasteiger partial charge in [0.15, 0.2) is 5.78 Å². The van der Waals surface area contributed by atoms with E-state index in [1.807, 2.05) is 19.1 Å². The van der Waals surface area contributed by atoms with Gasteiger partial charge in [-0.05, 0) is 43.0 Å². The molecular weight excluding hydrogens is 310 g/mol. The Kier molecular flexibility index (Phi) is 4.43. The number of sulfonamides is 1. The van der Waals surface area contributed by atoms with Crippen LogP contribution in [0.15, 0.2) is 40.3 Å². The first kappa shape index (κ1) is 16.4. The summed E-state index contributed by atoms with van der Waals surface area (Å²) in [6.07, 6.45) is 3.30. The minimum atomic E-state index is -3.47. The van der Waals surface area contributed by atoms with Crippen LogP contribution >= 0.6 is 0 Å². The van der Waals surface area contributed by atoms with Gasteiger partial charge in [0.05, 0.1) is 4.90 Å². The summed E-state index contributed by atoms with van der Waals surface area (Å²) >= 11 is 0. The maximum atomic E-state index is 12.8. The second kappa shape index (κ2) is 6.21. The predicted octanol–water partition coefficient (Wildman–Crippen LogP) is 3.08. The molecule has 0 bridgehead atoms. The summed E-state index contributed by atoms with van der Waals surface area (Å²) in [6, 6.07) is 6.96. The largest absolute Gasteiger partial charge is 0.295 e. The van der Waals surface area contributed by atoms with Crippen LogP contribution in [0.1, 0.15) is 38.2 Å². The van der Waals surface area contributed by atoms with Gasteiger partial charge in [-0.2, -0.15) is 4.31 Å². The summed E-state index contributed by atoms with van der Waals surface area (Å²) in [4.78, 5) is 12.5. The highest BCUT2D eigenvalue weighted by molar-refractivity contribution is 7.89. The topological polar surface area (TPSA) is 54.5 Å². The Morgan fingerprint density at radius 3 is 2.57 bits per heavy atom. The number of Topliss-reactive ketones (excluding diaryl/α,β-unsaturated/α-hetero) is 1. The number of ketones is 1. The second-order valence-corrected chi connectivity index (χ2v) is 8.48. The standard InChI is InChI=1S/C18H23NO3S/c1-3-4-5-16-17-12-19(11-14(17)10-18(16)20)23(21,22)15-8-6-13(2)7-9-15/h6-9,14H,3-5,10-12H2,1-2H3/t14-/m1/s1. The van der Waals surface area contributed by atoms with Gasteiger partial charge in [0.2, 0.25) is 10.0 Å². The van der Waals surface area contributed by atoms with E-state index in [0.717, 1.165) is 36.0 Å². The third-order valence-electron chi connectivity index (χ3n) is 4.86. The van der Waals surface area contributed by atoms with Crippen molar-refractivity contribution in [2.75, 3.05) is 13.1 Å². The molecule has 1 atom stereocenters. The van der Waals surface area contributed by atoms with E-state index in [1.54, 1.807) is 12.1 Å². The SMILES string of the molecule is CCCCC1=C2CN(S(=O)(=O)c3ccc(C)cc3)C[C@H]2CC1=O. The first-order valence-corrected chi connectivity index (χ1v) is 9.69. The molecule has 1 fully saturated rings. The molecule has 5 heteroatoms. The van der Waals surface area contributed by atoms with Crippen LogP contribution < -0.4 is 0 Å². The van der Waals surface area contributed by atoms with Crippen molar-refractivity contribution in [1.29, 1.82) is 0 Å². The highest BCUT2D eigenvalue weighted by Gasteiger charge is 2.42. The van der Waals surface area contributed by atoms with Gasteiger partial charge in [0, 0.05) is 25.4 Å². The van der Waals surface area contributed by atoms with Crippen LogP contribution in [0.2, 0.25) is 0 Å². The number of benzene rings is 1. The number of unbranched alkanes of at least 4 members (excludes halogenated alkanes) is 1. The van der Waals surface area contributed by atoms with Crippen LogP contribution in [0, 0.1) is 12.8 Å². The van der Waals surface area contributed by atoms with Crippen LogP contribution in [0.5, 0.6) is 0 Å². The number of hydrogen-bond donors (Lipinski definition) is 0. The lowest BCUT2D eigenvalue weighted by atomic mass is 10.0. The number of aryl methyl sites for hydroxylation is 1. The van der Waals surface area contributed by atoms with Crippen molar-refractivity contribution in [3.05, 3.63) is 41.0 Å². The van der Waals surface area contributed by atoms with Gasteiger partial charge in [0.25, 0.3) is 0 Å². The van der Waals surface area contributed by atoms with E-state index in [4.69, 9.17) is 0 Å². The van der Waals surface area contributed by atoms with E-state index >= 15 is 0 Å². The zero-order valence-corrected chi connectivity index (χ0v) is 14.5. The lowest BCUT2D eigenvalue weighted by Crippen LogP contribution is -2.29. The zero-order chi connectivity index (χ0) is 16.6. The highest BCUT2D eigenvalue weighted by Crippen LogP contribution is 2.39. The Labute approximate surface area is 138 Å². The smallest absolute Gasteiger partial charge is 0.243 e. The molecule has 0 spiro atoms. The molecule has 3 rings (SSSR count). The van der Waals surface area contributed by atoms with E-state index in [0.29, 0.717) is 24.4 Å². The third kappa shape index (κ3) is 3.00. The Balaban J connectivity index is 1.86. The van der Waals surface area contributed by atoms with Gasteiger partial charge in [-0.1, -0.05) is 31.0 Å². The molecule has 1 aliphatic heterocycles. The molecule has 0 saturated carbocycles. The second-order valence-electron chi connectivity index (χ2n) is 6.54. The summed E-state index contributed by atoms with van der Waals surface area (Å²) in [6.45, 7) is 4.86. The Morgan fingerprint density at radius 2 is 1.91 bits per heavy atom. The van der Waals surface area contributed by atoms with Gasteiger partial charge in [0.1, 0.15) is 0 Å². The van der Waals surface area contributed by atoms with Crippen LogP contribution in [-0.4, -0.2) is 31.6 Å². The van der Waals surface area contributed by atoms with E-state index in [1.165, 1.54) is 4.31 Å². The van der Waals surface area contributed by atoms with E-state index in [-0.39, 0.29) is 11.7 Å². The number of carbonyl (C=O) groups excluding carboxylic acids is 1. The molecule has 0 radical (unpaired) electrons. The van der Waals surface area contributed by atoms with Crippen LogP contribution in [-0.2, 0) is 14.8 Å². The Morgan fingerprint density at radius 1 is 1.22 bits per heavy atom. The number of carbonyl (C=O) groups is 1. The monoisotopic (exact) mass is 333 g/mol. The van der Waals surface area contributed by atoms with E-state index in [9.17, 15) is 13.2 Å². The molecule has 124 valence electrons. The summed E-state index contributed by atoms with van der Waals surface area (Å²) in [5, 5.41) is 0. The fourth-order valence-corrected chi connectivity index (χ4v) is 4.95. The minimum Gasteiger partial charge on any atom is -0.295 e. The van der Waals surface area contributed by atoms with Crippen LogP contribution in [0.3, 0.4) is 0 Å². The molecule has 1 aromatic carbocycles. The summed E-state index contributed by atoms with van der Waals surface area (Å²) in [5.41, 5.74) is 3.01. The van der Waals surface area contributed by atoms with E-state index < -0.39 is 10.0 Å². The fraction of sp³-hybridized carbons (Fsp3) is 0.500. The van der Waals surface area contributed by atoms with Gasteiger partial charge in [-0.25, -0.2) is 8.42 Å². The molecule has 4 nitrogen and oxygen atoms in total. The molecular formula is C18H23NO3S. The molecule has 1 aromatic rings. The molecule has 23 heavy (non-hydrogen) atoms. The number of hydrogen-bond acceptors (Lipinski definition) is 3. The van der Waals surface area contributed by atoms with Crippen LogP contribution in [0.4, 0.5) is 0 Å². The average Bonchev–Trinajstić information content (AvgIpc) is 3.04. The first-order valence-electron chi connectivity index (χ1n) is 8.25. The summed E-state index contributed by atoms with van der Waals surface area (Å²) in [5.74, 6) is 0.320. The Hall–Kier alpha value is -1.46. The normalized spacial score (nSPS) is 22.0. The molecule has 0 N–H and O–H groups in total. The number of rotatable bonds is 5. The van der Waals surface area contributed by atoms with Crippen molar-refractivity contribution in [2.24, 2.45) is 5.92 Å². The quantitative estimate of drug-likeness (QED) is 0.832. The third-order valence-corrected chi connectivity index (χ3v) is 6.68. The first-order chi connectivity index (χ1) is 10.9. The Bertz CT molecular complexity index is 747. The molecule has 1 saturated heterocycles. The maximum absolute atomic E-state index is 12.8. The minimum absolute atomic E-state index is 0.0922. The number of allylic oxidation sites excluding steroid dienone is 1. The van der Waals surface area contributed by atoms with Gasteiger partial charge < -0.3 is 0 Å². The molecule has 1 aliphatic carbocycles. The number of nitrogens with zero attached hydrogens (tertiary/aromatic N) is 1. The van der Waals surface area contributed by atoms with Gasteiger partial charge in [-0.3, -0.25) is 4.79 Å². The zero-order valence-electron chi connectivity index (χ0n) is 13.7. The predicted molar refractivity (Wildman–Crippen MR) is 89.6 cm³/mol. The van der Waals surface area contributed by atoms with Gasteiger partial charge in [-0.15, -0.1) is 0 Å². The lowest BCUT2D eigenvalue weighted by molar-refractivity contribution is -0.115. The molecule has 0 aromatic heterocycles. The van der Waals surface area contributed by atoms with Crippen molar-refractivity contribution < 1.29 is 13.2 Å². The molecule has 0 unspecified atom stereocenters. The average molecular weight is 333 g/mol. The molecule has 0 amide bonds. The molecule has 2 aliphatic rings. The summed E-state index contributed by atoms with van der Waals surface area (Å²) in [7, 11) is -3.47. The molecule has 1 heterocycles. The number of fused-ring (bicyclic) bond motifs is 1. The lowest BCUT2D eigenvalue weighted by Gasteiger charge is -2.17. The van der Waals surface area contributed by atoms with E-state index in [2.05, 4.69) is 6.92 Å². The van der Waals surface area contributed by atoms with Crippen LogP contribution in [0.25, 0.3) is 0 Å². The maximum Gasteiger partial charge on any atom is 0.243 e. The van der Waals surface area contributed by atoms with Gasteiger partial charge >= 0.3 is 0 Å². The van der Waals surface area contributed by atoms with Crippen molar-refractivity contribution in [3.8, 4) is 0 Å². The fourth-order valence-electron chi connectivity index (χ4n) is 3.49. The van der Waals surface area contributed by atoms with Crippen molar-refractivity contribution in [3.63, 3.8) is 0 Å². The van der Waals surface area contributed by atoms with Crippen molar-refractivity contribution in [2.45, 2.75) is 44.4 Å². The summed E-state index contributed by atoms with van der Waals surface area (Å²) < 4.78 is 27.1. The van der Waals surface area contributed by atoms with Crippen molar-refractivity contribution >= 4 is 15.8 Å². The highest BCUT2D eigenvalue weighted by atomic mass is 32.2. The van der Waals surface area contributed by atoms with Crippen molar-refractivity contribution in [1.82, 2.24) is 4.31 Å².